The lowest BCUT2D eigenvalue weighted by molar-refractivity contribution is -0.139. The molecule has 0 radical (unpaired) electrons. The molecule has 2 amide bonds. The highest BCUT2D eigenvalue weighted by Gasteiger charge is 2.27. The fraction of sp³-hybridized carbons (Fsp3) is 0.800. The smallest absolute Gasteiger partial charge is 0.390 e. The number of carboxylic acid groups (broad SMARTS) is 1. The van der Waals surface area contributed by atoms with Gasteiger partial charge in [0.05, 0.1) is 6.42 Å². The molecule has 0 aliphatic rings. The molecule has 0 aromatic heterocycles. The molecule has 0 fully saturated rings. The molecule has 106 valence electrons. The molecule has 0 aliphatic carbocycles. The van der Waals surface area contributed by atoms with Gasteiger partial charge in [-0.2, -0.15) is 13.2 Å². The van der Waals surface area contributed by atoms with Crippen molar-refractivity contribution < 1.29 is 27.9 Å². The fourth-order valence-corrected chi connectivity index (χ4v) is 1.22. The second kappa shape index (κ2) is 7.07. The van der Waals surface area contributed by atoms with E-state index < -0.39 is 37.2 Å². The quantitative estimate of drug-likeness (QED) is 0.688. The number of alkyl halides is 3. The zero-order valence-electron chi connectivity index (χ0n) is 10.2. The third-order valence-corrected chi connectivity index (χ3v) is 2.00. The van der Waals surface area contributed by atoms with Crippen molar-refractivity contribution >= 4 is 12.0 Å². The van der Waals surface area contributed by atoms with Gasteiger partial charge in [-0.1, -0.05) is 13.8 Å². The van der Waals surface area contributed by atoms with Crippen molar-refractivity contribution in [3.05, 3.63) is 0 Å². The largest absolute Gasteiger partial charge is 0.480 e. The van der Waals surface area contributed by atoms with Crippen LogP contribution in [0.25, 0.3) is 0 Å². The molecule has 0 spiro atoms. The fourth-order valence-electron chi connectivity index (χ4n) is 1.22. The Kier molecular flexibility index (Phi) is 6.50. The Balaban J connectivity index is 4.07. The molecular weight excluding hydrogens is 253 g/mol. The molecule has 0 aromatic carbocycles. The van der Waals surface area contributed by atoms with Crippen molar-refractivity contribution in [2.45, 2.75) is 38.9 Å². The van der Waals surface area contributed by atoms with Crippen LogP contribution in [-0.2, 0) is 4.79 Å². The van der Waals surface area contributed by atoms with Crippen LogP contribution in [0.2, 0.25) is 0 Å². The van der Waals surface area contributed by atoms with E-state index in [4.69, 9.17) is 5.11 Å². The van der Waals surface area contributed by atoms with Crippen molar-refractivity contribution in [1.82, 2.24) is 10.6 Å². The van der Waals surface area contributed by atoms with E-state index in [-0.39, 0.29) is 12.3 Å². The number of carbonyl (C=O) groups is 2. The average Bonchev–Trinajstić information content (AvgIpc) is 2.13. The van der Waals surface area contributed by atoms with E-state index in [9.17, 15) is 22.8 Å². The number of rotatable bonds is 6. The predicted molar refractivity (Wildman–Crippen MR) is 58.1 cm³/mol. The van der Waals surface area contributed by atoms with Crippen LogP contribution >= 0.6 is 0 Å². The van der Waals surface area contributed by atoms with Gasteiger partial charge in [0.2, 0.25) is 0 Å². The first-order chi connectivity index (χ1) is 8.11. The zero-order chi connectivity index (χ0) is 14.3. The van der Waals surface area contributed by atoms with Gasteiger partial charge in [0.25, 0.3) is 0 Å². The lowest BCUT2D eigenvalue weighted by Gasteiger charge is -2.17. The minimum atomic E-state index is -4.35. The highest BCUT2D eigenvalue weighted by molar-refractivity contribution is 5.82. The number of carbonyl (C=O) groups excluding carboxylic acids is 1. The molecule has 5 nitrogen and oxygen atoms in total. The number of nitrogens with one attached hydrogen (secondary N) is 2. The van der Waals surface area contributed by atoms with Gasteiger partial charge in [-0.05, 0) is 12.3 Å². The van der Waals surface area contributed by atoms with Gasteiger partial charge >= 0.3 is 18.2 Å². The number of urea groups is 1. The molecule has 0 saturated heterocycles. The van der Waals surface area contributed by atoms with Crippen LogP contribution in [0.3, 0.4) is 0 Å². The monoisotopic (exact) mass is 270 g/mol. The maximum Gasteiger partial charge on any atom is 0.390 e. The van der Waals surface area contributed by atoms with Crippen LogP contribution in [0.15, 0.2) is 0 Å². The summed E-state index contributed by atoms with van der Waals surface area (Å²) in [5.41, 5.74) is 0. The third-order valence-electron chi connectivity index (χ3n) is 2.00. The van der Waals surface area contributed by atoms with Gasteiger partial charge < -0.3 is 15.7 Å². The zero-order valence-corrected chi connectivity index (χ0v) is 10.2. The van der Waals surface area contributed by atoms with Gasteiger partial charge in [0.1, 0.15) is 6.04 Å². The van der Waals surface area contributed by atoms with Crippen LogP contribution in [-0.4, -0.2) is 35.9 Å². The third kappa shape index (κ3) is 8.66. The molecule has 0 aliphatic heterocycles. The van der Waals surface area contributed by atoms with E-state index in [2.05, 4.69) is 5.32 Å². The van der Waals surface area contributed by atoms with Crippen molar-refractivity contribution in [2.24, 2.45) is 5.92 Å². The Morgan fingerprint density at radius 1 is 1.28 bits per heavy atom. The van der Waals surface area contributed by atoms with Gasteiger partial charge in [-0.25, -0.2) is 9.59 Å². The molecule has 0 saturated carbocycles. The first-order valence-corrected chi connectivity index (χ1v) is 5.45. The summed E-state index contributed by atoms with van der Waals surface area (Å²) in [4.78, 5) is 22.0. The van der Waals surface area contributed by atoms with Gasteiger partial charge in [-0.15, -0.1) is 0 Å². The van der Waals surface area contributed by atoms with Crippen LogP contribution in [0.5, 0.6) is 0 Å². The second-order valence-electron chi connectivity index (χ2n) is 4.29. The van der Waals surface area contributed by atoms with Gasteiger partial charge in [0, 0.05) is 6.54 Å². The lowest BCUT2D eigenvalue weighted by atomic mass is 10.0. The molecule has 3 N–H and O–H groups in total. The Bertz CT molecular complexity index is 293. The summed E-state index contributed by atoms with van der Waals surface area (Å²) in [7, 11) is 0. The Morgan fingerprint density at radius 2 is 1.83 bits per heavy atom. The minimum Gasteiger partial charge on any atom is -0.480 e. The number of hydrogen-bond donors (Lipinski definition) is 3. The van der Waals surface area contributed by atoms with Crippen molar-refractivity contribution in [1.29, 1.82) is 0 Å². The van der Waals surface area contributed by atoms with Crippen LogP contribution in [0, 0.1) is 5.92 Å². The van der Waals surface area contributed by atoms with E-state index in [1.54, 1.807) is 13.8 Å². The SMILES string of the molecule is CC(C)CC(NC(=O)NCCC(F)(F)F)C(=O)O. The molecule has 0 bridgehead atoms. The molecule has 18 heavy (non-hydrogen) atoms. The van der Waals surface area contributed by atoms with E-state index in [0.29, 0.717) is 0 Å². The Labute approximate surface area is 103 Å². The van der Waals surface area contributed by atoms with Gasteiger partial charge in [-0.3, -0.25) is 0 Å². The molecular formula is C10H17F3N2O3. The Hall–Kier alpha value is -1.47. The number of hydrogen-bond acceptors (Lipinski definition) is 2. The van der Waals surface area contributed by atoms with Crippen LogP contribution in [0.4, 0.5) is 18.0 Å². The molecule has 0 aromatic rings. The predicted octanol–water partition coefficient (Wildman–Crippen LogP) is 1.74. The molecule has 0 rings (SSSR count). The van der Waals surface area contributed by atoms with Crippen molar-refractivity contribution in [3.8, 4) is 0 Å². The van der Waals surface area contributed by atoms with Crippen LogP contribution in [0.1, 0.15) is 26.7 Å². The summed E-state index contributed by atoms with van der Waals surface area (Å²) in [5, 5.41) is 12.9. The Morgan fingerprint density at radius 3 is 2.22 bits per heavy atom. The summed E-state index contributed by atoms with van der Waals surface area (Å²) >= 11 is 0. The minimum absolute atomic E-state index is 0.0431. The first-order valence-electron chi connectivity index (χ1n) is 5.45. The summed E-state index contributed by atoms with van der Waals surface area (Å²) < 4.78 is 35.4. The standard InChI is InChI=1S/C10H17F3N2O3/c1-6(2)5-7(8(16)17)15-9(18)14-4-3-10(11,12)13/h6-7H,3-5H2,1-2H3,(H,16,17)(H2,14,15,18). The molecule has 8 heteroatoms. The summed E-state index contributed by atoms with van der Waals surface area (Å²) in [6.07, 6.45) is -5.29. The van der Waals surface area contributed by atoms with Crippen molar-refractivity contribution in [3.63, 3.8) is 0 Å². The summed E-state index contributed by atoms with van der Waals surface area (Å²) in [5.74, 6) is -1.17. The average molecular weight is 270 g/mol. The highest BCUT2D eigenvalue weighted by atomic mass is 19.4. The van der Waals surface area contributed by atoms with E-state index in [1.807, 2.05) is 5.32 Å². The maximum atomic E-state index is 11.8. The number of aliphatic carboxylic acids is 1. The lowest BCUT2D eigenvalue weighted by Crippen LogP contribution is -2.47. The van der Waals surface area contributed by atoms with Gasteiger partial charge in [0.15, 0.2) is 0 Å². The van der Waals surface area contributed by atoms with E-state index in [1.165, 1.54) is 0 Å². The normalized spacial score (nSPS) is 13.2. The number of halogens is 3. The highest BCUT2D eigenvalue weighted by Crippen LogP contribution is 2.18. The topological polar surface area (TPSA) is 78.4 Å². The van der Waals surface area contributed by atoms with E-state index in [0.717, 1.165) is 0 Å². The van der Waals surface area contributed by atoms with E-state index >= 15 is 0 Å². The number of carboxylic acids is 1. The van der Waals surface area contributed by atoms with Crippen LogP contribution < -0.4 is 10.6 Å². The number of amides is 2. The summed E-state index contributed by atoms with van der Waals surface area (Å²) in [6, 6.07) is -2.01. The molecule has 1 atom stereocenters. The molecule has 0 heterocycles. The summed E-state index contributed by atoms with van der Waals surface area (Å²) in [6.45, 7) is 2.97. The first kappa shape index (κ1) is 16.5. The second-order valence-corrected chi connectivity index (χ2v) is 4.29. The molecule has 1 unspecified atom stereocenters. The van der Waals surface area contributed by atoms with Crippen molar-refractivity contribution in [2.75, 3.05) is 6.54 Å². The maximum absolute atomic E-state index is 11.8.